The van der Waals surface area contributed by atoms with Gasteiger partial charge in [-0.15, -0.1) is 0 Å². The number of hydrogen-bond donors (Lipinski definition) is 0. The highest BCUT2D eigenvalue weighted by Crippen LogP contribution is 2.27. The molecule has 1 aromatic heterocycles. The van der Waals surface area contributed by atoms with Gasteiger partial charge in [-0.3, -0.25) is 4.18 Å². The lowest BCUT2D eigenvalue weighted by atomic mass is 9.96. The zero-order chi connectivity index (χ0) is 11.6. The molecule has 0 fully saturated rings. The molecule has 86 valence electrons. The van der Waals surface area contributed by atoms with Crippen LogP contribution in [0.4, 0.5) is 0 Å². The van der Waals surface area contributed by atoms with Gasteiger partial charge in [-0.1, -0.05) is 24.3 Å². The topological polar surface area (TPSA) is 69.4 Å². The Morgan fingerprint density at radius 2 is 2.12 bits per heavy atom. The monoisotopic (exact) mass is 241 g/mol. The molecule has 5 nitrogen and oxygen atoms in total. The largest absolute Gasteiger partial charge is 0.448 e. The van der Waals surface area contributed by atoms with Gasteiger partial charge in [0.15, 0.2) is 6.39 Å². The molecule has 2 atom stereocenters. The van der Waals surface area contributed by atoms with Crippen molar-refractivity contribution in [3.63, 3.8) is 0 Å². The third-order valence-electron chi connectivity index (χ3n) is 2.15. The first-order chi connectivity index (χ1) is 7.56. The summed E-state index contributed by atoms with van der Waals surface area (Å²) in [5.74, 6) is 0.316. The minimum Gasteiger partial charge on any atom is -0.448 e. The molecule has 1 aliphatic carbocycles. The lowest BCUT2D eigenvalue weighted by Crippen LogP contribution is -2.23. The van der Waals surface area contributed by atoms with Gasteiger partial charge in [-0.25, -0.2) is 4.98 Å². The van der Waals surface area contributed by atoms with Gasteiger partial charge in [-0.2, -0.15) is 8.42 Å². The fourth-order valence-corrected chi connectivity index (χ4v) is 2.11. The van der Waals surface area contributed by atoms with Gasteiger partial charge < -0.3 is 4.42 Å². The van der Waals surface area contributed by atoms with Crippen LogP contribution in [-0.2, 0) is 14.3 Å². The molecule has 1 heterocycles. The van der Waals surface area contributed by atoms with E-state index in [4.69, 9.17) is 8.60 Å². The summed E-state index contributed by atoms with van der Waals surface area (Å²) in [5, 5.41) is 0. The molecule has 0 saturated heterocycles. The summed E-state index contributed by atoms with van der Waals surface area (Å²) in [4.78, 5) is 3.80. The van der Waals surface area contributed by atoms with Crippen LogP contribution in [-0.4, -0.2) is 25.8 Å². The molecule has 0 N–H and O–H groups in total. The molecule has 0 radical (unpaired) electrons. The van der Waals surface area contributed by atoms with Crippen molar-refractivity contribution in [2.45, 2.75) is 12.0 Å². The van der Waals surface area contributed by atoms with Gasteiger partial charge >= 0.3 is 0 Å². The lowest BCUT2D eigenvalue weighted by molar-refractivity contribution is 0.229. The molecule has 16 heavy (non-hydrogen) atoms. The molecule has 2 unspecified atom stereocenters. The van der Waals surface area contributed by atoms with Gasteiger partial charge in [0, 0.05) is 0 Å². The number of hydrogen-bond acceptors (Lipinski definition) is 5. The zero-order valence-corrected chi connectivity index (χ0v) is 9.42. The molecule has 0 amide bonds. The average Bonchev–Trinajstić information content (AvgIpc) is 2.69. The summed E-state index contributed by atoms with van der Waals surface area (Å²) in [6, 6.07) is 0. The van der Waals surface area contributed by atoms with Crippen molar-refractivity contribution in [1.82, 2.24) is 4.98 Å². The van der Waals surface area contributed by atoms with E-state index in [1.807, 2.05) is 12.2 Å². The van der Waals surface area contributed by atoms with Crippen molar-refractivity contribution in [1.29, 1.82) is 0 Å². The number of allylic oxidation sites excluding steroid dienone is 2. The van der Waals surface area contributed by atoms with E-state index < -0.39 is 16.2 Å². The van der Waals surface area contributed by atoms with Gasteiger partial charge in [-0.05, 0) is 0 Å². The van der Waals surface area contributed by atoms with Gasteiger partial charge in [0.1, 0.15) is 11.9 Å². The predicted molar refractivity (Wildman–Crippen MR) is 57.2 cm³/mol. The molecule has 1 aromatic rings. The van der Waals surface area contributed by atoms with Gasteiger partial charge in [0.05, 0.1) is 18.4 Å². The quantitative estimate of drug-likeness (QED) is 0.744. The minimum atomic E-state index is -3.49. The minimum absolute atomic E-state index is 0.262. The highest BCUT2D eigenvalue weighted by molar-refractivity contribution is 7.86. The van der Waals surface area contributed by atoms with E-state index in [-0.39, 0.29) is 5.92 Å². The van der Waals surface area contributed by atoms with Crippen LogP contribution in [0.5, 0.6) is 0 Å². The molecule has 6 heteroatoms. The summed E-state index contributed by atoms with van der Waals surface area (Å²) < 4.78 is 32.3. The second kappa shape index (κ2) is 4.23. The number of rotatable bonds is 3. The molecule has 0 spiro atoms. The van der Waals surface area contributed by atoms with Crippen molar-refractivity contribution >= 4 is 10.1 Å². The van der Waals surface area contributed by atoms with Crippen LogP contribution in [0.3, 0.4) is 0 Å². The smallest absolute Gasteiger partial charge is 0.264 e. The van der Waals surface area contributed by atoms with Crippen LogP contribution in [0.1, 0.15) is 11.7 Å². The molecule has 1 aliphatic rings. The van der Waals surface area contributed by atoms with Crippen molar-refractivity contribution < 1.29 is 17.0 Å². The Hall–Kier alpha value is -1.40. The Morgan fingerprint density at radius 3 is 2.75 bits per heavy atom. The number of oxazole rings is 1. The third-order valence-corrected chi connectivity index (χ3v) is 2.72. The van der Waals surface area contributed by atoms with E-state index in [1.54, 1.807) is 18.3 Å². The number of aromatic nitrogens is 1. The standard InChI is InChI=1S/C10H11NO4S/c1-16(12,13)15-9-5-3-2-4-8(9)10-6-11-7-14-10/h2-9H,1H3. The second-order valence-corrected chi connectivity index (χ2v) is 5.07. The van der Waals surface area contributed by atoms with Crippen LogP contribution in [0.2, 0.25) is 0 Å². The maximum Gasteiger partial charge on any atom is 0.264 e. The first-order valence-electron chi connectivity index (χ1n) is 4.68. The summed E-state index contributed by atoms with van der Waals surface area (Å²) >= 11 is 0. The summed E-state index contributed by atoms with van der Waals surface area (Å²) in [7, 11) is -3.49. The first-order valence-corrected chi connectivity index (χ1v) is 6.49. The van der Waals surface area contributed by atoms with E-state index in [0.717, 1.165) is 6.26 Å². The maximum absolute atomic E-state index is 11.1. The van der Waals surface area contributed by atoms with Crippen molar-refractivity contribution in [2.75, 3.05) is 6.26 Å². The van der Waals surface area contributed by atoms with Crippen LogP contribution in [0, 0.1) is 0 Å². The lowest BCUT2D eigenvalue weighted by Gasteiger charge is -2.20. The maximum atomic E-state index is 11.1. The summed E-state index contributed by atoms with van der Waals surface area (Å²) in [6.07, 6.45) is 10.3. The summed E-state index contributed by atoms with van der Waals surface area (Å²) in [6.45, 7) is 0. The Labute approximate surface area is 93.6 Å². The third kappa shape index (κ3) is 2.59. The van der Waals surface area contributed by atoms with Crippen LogP contribution in [0.15, 0.2) is 41.3 Å². The first kappa shape index (κ1) is 11.1. The van der Waals surface area contributed by atoms with Gasteiger partial charge in [0.2, 0.25) is 0 Å². The average molecular weight is 241 g/mol. The zero-order valence-electron chi connectivity index (χ0n) is 8.61. The van der Waals surface area contributed by atoms with E-state index in [1.165, 1.54) is 6.39 Å². The summed E-state index contributed by atoms with van der Waals surface area (Å²) in [5.41, 5.74) is 0. The highest BCUT2D eigenvalue weighted by Gasteiger charge is 2.26. The van der Waals surface area contributed by atoms with E-state index in [0.29, 0.717) is 5.76 Å². The molecule has 2 rings (SSSR count). The highest BCUT2D eigenvalue weighted by atomic mass is 32.2. The molecule has 0 aliphatic heterocycles. The molecular formula is C10H11NO4S. The molecule has 0 aromatic carbocycles. The van der Waals surface area contributed by atoms with E-state index in [2.05, 4.69) is 4.98 Å². The fraction of sp³-hybridized carbons (Fsp3) is 0.300. The van der Waals surface area contributed by atoms with Crippen LogP contribution >= 0.6 is 0 Å². The van der Waals surface area contributed by atoms with Crippen molar-refractivity contribution in [3.05, 3.63) is 42.7 Å². The Balaban J connectivity index is 2.23. The normalized spacial score (nSPS) is 24.8. The van der Waals surface area contributed by atoms with Crippen molar-refractivity contribution in [2.24, 2.45) is 0 Å². The molecular weight excluding hydrogens is 230 g/mol. The molecule has 0 saturated carbocycles. The second-order valence-electron chi connectivity index (χ2n) is 3.46. The van der Waals surface area contributed by atoms with E-state index >= 15 is 0 Å². The molecule has 0 bridgehead atoms. The van der Waals surface area contributed by atoms with Gasteiger partial charge in [0.25, 0.3) is 10.1 Å². The predicted octanol–water partition coefficient (Wildman–Crippen LogP) is 1.23. The fourth-order valence-electron chi connectivity index (χ4n) is 1.53. The Kier molecular flexibility index (Phi) is 2.93. The van der Waals surface area contributed by atoms with Crippen molar-refractivity contribution in [3.8, 4) is 0 Å². The van der Waals surface area contributed by atoms with E-state index in [9.17, 15) is 8.42 Å². The number of nitrogens with zero attached hydrogens (tertiary/aromatic N) is 1. The SMILES string of the molecule is CS(=O)(=O)OC1C=CC=CC1c1cnco1. The van der Waals surface area contributed by atoms with Crippen LogP contribution < -0.4 is 0 Å². The Morgan fingerprint density at radius 1 is 1.38 bits per heavy atom. The Bertz CT molecular complexity index is 501. The van der Waals surface area contributed by atoms with Crippen LogP contribution in [0.25, 0.3) is 0 Å².